The standard InChI is InChI=1S/C14H14N2O2/c1-2-18-14(17)12-9-6-10-15-13(12)16-11-7-4-3-5-8-11/h3-10H,2H2,1H3,(H,15,16). The Balaban J connectivity index is 2.25. The van der Waals surface area contributed by atoms with Crippen LogP contribution >= 0.6 is 0 Å². The van der Waals surface area contributed by atoms with Gasteiger partial charge in [-0.05, 0) is 31.2 Å². The molecule has 0 amide bonds. The van der Waals surface area contributed by atoms with Gasteiger partial charge >= 0.3 is 5.97 Å². The molecule has 0 saturated carbocycles. The predicted molar refractivity (Wildman–Crippen MR) is 69.9 cm³/mol. The van der Waals surface area contributed by atoms with E-state index in [-0.39, 0.29) is 5.97 Å². The summed E-state index contributed by atoms with van der Waals surface area (Å²) in [6.07, 6.45) is 1.63. The van der Waals surface area contributed by atoms with Crippen molar-refractivity contribution in [2.24, 2.45) is 0 Å². The Morgan fingerprint density at radius 1 is 1.22 bits per heavy atom. The summed E-state index contributed by atoms with van der Waals surface area (Å²) in [5.74, 6) is 0.131. The van der Waals surface area contributed by atoms with Crippen LogP contribution in [0.25, 0.3) is 0 Å². The van der Waals surface area contributed by atoms with E-state index in [1.54, 1.807) is 25.3 Å². The van der Waals surface area contributed by atoms with Crippen LogP contribution in [0, 0.1) is 0 Å². The number of benzene rings is 1. The molecule has 0 aliphatic carbocycles. The monoisotopic (exact) mass is 242 g/mol. The first kappa shape index (κ1) is 12.1. The largest absolute Gasteiger partial charge is 0.462 e. The summed E-state index contributed by atoms with van der Waals surface area (Å²) in [4.78, 5) is 15.9. The summed E-state index contributed by atoms with van der Waals surface area (Å²) in [6.45, 7) is 2.12. The first-order valence-corrected chi connectivity index (χ1v) is 5.75. The second-order valence-corrected chi connectivity index (χ2v) is 3.61. The number of esters is 1. The minimum absolute atomic E-state index is 0.346. The molecule has 2 aromatic rings. The maximum absolute atomic E-state index is 11.8. The molecule has 18 heavy (non-hydrogen) atoms. The van der Waals surface area contributed by atoms with E-state index < -0.39 is 0 Å². The minimum Gasteiger partial charge on any atom is -0.462 e. The number of hydrogen-bond donors (Lipinski definition) is 1. The first-order chi connectivity index (χ1) is 8.81. The third-order valence-corrected chi connectivity index (χ3v) is 2.34. The highest BCUT2D eigenvalue weighted by Gasteiger charge is 2.12. The predicted octanol–water partition coefficient (Wildman–Crippen LogP) is 3.00. The summed E-state index contributed by atoms with van der Waals surface area (Å²) in [6, 6.07) is 13.0. The van der Waals surface area contributed by atoms with Gasteiger partial charge in [0, 0.05) is 11.9 Å². The number of rotatable bonds is 4. The van der Waals surface area contributed by atoms with Crippen LogP contribution in [0.15, 0.2) is 48.7 Å². The average Bonchev–Trinajstić information content (AvgIpc) is 2.41. The van der Waals surface area contributed by atoms with Crippen molar-refractivity contribution in [3.05, 3.63) is 54.2 Å². The molecule has 4 nitrogen and oxygen atoms in total. The summed E-state index contributed by atoms with van der Waals surface area (Å²) in [5, 5.41) is 3.10. The van der Waals surface area contributed by atoms with Gasteiger partial charge in [-0.15, -0.1) is 0 Å². The second-order valence-electron chi connectivity index (χ2n) is 3.61. The SMILES string of the molecule is CCOC(=O)c1cccnc1Nc1ccccc1. The Hall–Kier alpha value is -2.36. The van der Waals surface area contributed by atoms with Gasteiger partial charge in [0.05, 0.1) is 6.61 Å². The molecule has 0 fully saturated rings. The van der Waals surface area contributed by atoms with Crippen molar-refractivity contribution >= 4 is 17.5 Å². The summed E-state index contributed by atoms with van der Waals surface area (Å²) >= 11 is 0. The molecule has 0 aliphatic rings. The Kier molecular flexibility index (Phi) is 3.91. The Labute approximate surface area is 106 Å². The van der Waals surface area contributed by atoms with Crippen LogP contribution < -0.4 is 5.32 Å². The van der Waals surface area contributed by atoms with E-state index in [0.29, 0.717) is 18.0 Å². The topological polar surface area (TPSA) is 51.2 Å². The van der Waals surface area contributed by atoms with Gasteiger partial charge in [0.25, 0.3) is 0 Å². The van der Waals surface area contributed by atoms with Gasteiger partial charge in [0.1, 0.15) is 11.4 Å². The van der Waals surface area contributed by atoms with Crippen molar-refractivity contribution in [3.63, 3.8) is 0 Å². The normalized spacial score (nSPS) is 9.83. The lowest BCUT2D eigenvalue weighted by molar-refractivity contribution is 0.0527. The van der Waals surface area contributed by atoms with Crippen molar-refractivity contribution in [2.45, 2.75) is 6.92 Å². The molecule has 0 spiro atoms. The molecular weight excluding hydrogens is 228 g/mol. The highest BCUT2D eigenvalue weighted by atomic mass is 16.5. The van der Waals surface area contributed by atoms with Crippen molar-refractivity contribution in [2.75, 3.05) is 11.9 Å². The molecular formula is C14H14N2O2. The van der Waals surface area contributed by atoms with E-state index in [4.69, 9.17) is 4.74 Å². The third kappa shape index (κ3) is 2.85. The number of hydrogen-bond acceptors (Lipinski definition) is 4. The van der Waals surface area contributed by atoms with Crippen LogP contribution in [0.4, 0.5) is 11.5 Å². The molecule has 1 aromatic heterocycles. The number of nitrogens with zero attached hydrogens (tertiary/aromatic N) is 1. The van der Waals surface area contributed by atoms with Crippen LogP contribution in [-0.2, 0) is 4.74 Å². The molecule has 0 unspecified atom stereocenters. The molecule has 2 rings (SSSR count). The molecule has 1 heterocycles. The number of carbonyl (C=O) groups excluding carboxylic acids is 1. The zero-order chi connectivity index (χ0) is 12.8. The molecule has 0 atom stereocenters. The van der Waals surface area contributed by atoms with E-state index in [9.17, 15) is 4.79 Å². The highest BCUT2D eigenvalue weighted by molar-refractivity contribution is 5.95. The minimum atomic E-state index is -0.371. The number of para-hydroxylation sites is 1. The van der Waals surface area contributed by atoms with Crippen LogP contribution in [0.1, 0.15) is 17.3 Å². The molecule has 0 aliphatic heterocycles. The summed E-state index contributed by atoms with van der Waals surface area (Å²) in [5.41, 5.74) is 1.31. The number of anilines is 2. The zero-order valence-corrected chi connectivity index (χ0v) is 10.1. The van der Waals surface area contributed by atoms with E-state index in [2.05, 4.69) is 10.3 Å². The Morgan fingerprint density at radius 2 is 2.00 bits per heavy atom. The average molecular weight is 242 g/mol. The summed E-state index contributed by atoms with van der Waals surface area (Å²) in [7, 11) is 0. The van der Waals surface area contributed by atoms with Crippen LogP contribution in [-0.4, -0.2) is 17.6 Å². The fraction of sp³-hybridized carbons (Fsp3) is 0.143. The quantitative estimate of drug-likeness (QED) is 0.837. The number of nitrogens with one attached hydrogen (secondary N) is 1. The fourth-order valence-electron chi connectivity index (χ4n) is 1.54. The van der Waals surface area contributed by atoms with Gasteiger partial charge in [-0.2, -0.15) is 0 Å². The molecule has 4 heteroatoms. The van der Waals surface area contributed by atoms with E-state index in [0.717, 1.165) is 5.69 Å². The number of carbonyl (C=O) groups is 1. The van der Waals surface area contributed by atoms with Gasteiger partial charge in [-0.1, -0.05) is 18.2 Å². The van der Waals surface area contributed by atoms with Crippen molar-refractivity contribution in [3.8, 4) is 0 Å². The van der Waals surface area contributed by atoms with E-state index in [1.807, 2.05) is 30.3 Å². The van der Waals surface area contributed by atoms with Gasteiger partial charge in [0.15, 0.2) is 0 Å². The summed E-state index contributed by atoms with van der Waals surface area (Å²) < 4.78 is 4.99. The lowest BCUT2D eigenvalue weighted by Gasteiger charge is -2.09. The number of aromatic nitrogens is 1. The third-order valence-electron chi connectivity index (χ3n) is 2.34. The van der Waals surface area contributed by atoms with Crippen LogP contribution in [0.2, 0.25) is 0 Å². The lowest BCUT2D eigenvalue weighted by atomic mass is 10.2. The molecule has 92 valence electrons. The van der Waals surface area contributed by atoms with Crippen LogP contribution in [0.5, 0.6) is 0 Å². The van der Waals surface area contributed by atoms with Crippen molar-refractivity contribution < 1.29 is 9.53 Å². The zero-order valence-electron chi connectivity index (χ0n) is 10.1. The highest BCUT2D eigenvalue weighted by Crippen LogP contribution is 2.18. The molecule has 1 N–H and O–H groups in total. The first-order valence-electron chi connectivity index (χ1n) is 5.75. The van der Waals surface area contributed by atoms with E-state index in [1.165, 1.54) is 0 Å². The maximum atomic E-state index is 11.8. The molecule has 1 aromatic carbocycles. The van der Waals surface area contributed by atoms with Gasteiger partial charge in [-0.3, -0.25) is 0 Å². The van der Waals surface area contributed by atoms with Gasteiger partial charge in [-0.25, -0.2) is 9.78 Å². The van der Waals surface area contributed by atoms with Crippen molar-refractivity contribution in [1.29, 1.82) is 0 Å². The van der Waals surface area contributed by atoms with Gasteiger partial charge < -0.3 is 10.1 Å². The van der Waals surface area contributed by atoms with Crippen LogP contribution in [0.3, 0.4) is 0 Å². The van der Waals surface area contributed by atoms with E-state index >= 15 is 0 Å². The van der Waals surface area contributed by atoms with Crippen molar-refractivity contribution in [1.82, 2.24) is 4.98 Å². The number of pyridine rings is 1. The fourth-order valence-corrected chi connectivity index (χ4v) is 1.54. The molecule has 0 saturated heterocycles. The molecule has 0 radical (unpaired) electrons. The lowest BCUT2D eigenvalue weighted by Crippen LogP contribution is -2.09. The molecule has 0 bridgehead atoms. The Bertz CT molecular complexity index is 526. The number of ether oxygens (including phenoxy) is 1. The second kappa shape index (κ2) is 5.82. The maximum Gasteiger partial charge on any atom is 0.341 e. The smallest absolute Gasteiger partial charge is 0.341 e. The Morgan fingerprint density at radius 3 is 2.72 bits per heavy atom. The van der Waals surface area contributed by atoms with Gasteiger partial charge in [0.2, 0.25) is 0 Å².